The number of aromatic nitrogens is 3. The Bertz CT molecular complexity index is 507. The maximum Gasteiger partial charge on any atom is 0.0847 e. The van der Waals surface area contributed by atoms with Crippen LogP contribution in [0.3, 0.4) is 0 Å². The third-order valence-electron chi connectivity index (χ3n) is 2.79. The fraction of sp³-hybridized carbons (Fsp3) is 0.333. The van der Waals surface area contributed by atoms with E-state index < -0.39 is 0 Å². The van der Waals surface area contributed by atoms with E-state index in [-0.39, 0.29) is 6.04 Å². The van der Waals surface area contributed by atoms with E-state index in [4.69, 9.17) is 17.3 Å². The highest BCUT2D eigenvalue weighted by Crippen LogP contribution is 2.23. The third-order valence-corrected chi connectivity index (χ3v) is 3.28. The van der Waals surface area contributed by atoms with Gasteiger partial charge in [-0.3, -0.25) is 9.67 Å². The predicted molar refractivity (Wildman–Crippen MR) is 67.8 cm³/mol. The maximum absolute atomic E-state index is 6.19. The SMILES string of the molecule is Cc1nn(C)c(CC(N)c2cccnc2)c1Cl. The molecule has 2 rings (SSSR count). The minimum absolute atomic E-state index is 0.115. The van der Waals surface area contributed by atoms with Gasteiger partial charge in [-0.2, -0.15) is 5.10 Å². The van der Waals surface area contributed by atoms with E-state index in [9.17, 15) is 0 Å². The van der Waals surface area contributed by atoms with Gasteiger partial charge in [0, 0.05) is 31.9 Å². The van der Waals surface area contributed by atoms with Crippen LogP contribution < -0.4 is 5.73 Å². The largest absolute Gasteiger partial charge is 0.324 e. The molecule has 1 unspecified atom stereocenters. The molecule has 0 aliphatic heterocycles. The van der Waals surface area contributed by atoms with Crippen molar-refractivity contribution in [2.45, 2.75) is 19.4 Å². The van der Waals surface area contributed by atoms with Crippen LogP contribution in [0.5, 0.6) is 0 Å². The Balaban J connectivity index is 2.22. The number of hydrogen-bond donors (Lipinski definition) is 1. The van der Waals surface area contributed by atoms with Crippen molar-refractivity contribution in [1.82, 2.24) is 14.8 Å². The van der Waals surface area contributed by atoms with E-state index in [2.05, 4.69) is 10.1 Å². The Kier molecular flexibility index (Phi) is 3.45. The zero-order valence-electron chi connectivity index (χ0n) is 9.89. The highest BCUT2D eigenvalue weighted by Gasteiger charge is 2.15. The maximum atomic E-state index is 6.19. The second-order valence-corrected chi connectivity index (χ2v) is 4.44. The number of pyridine rings is 1. The molecular formula is C12H15ClN4. The Morgan fingerprint density at radius 3 is 2.82 bits per heavy atom. The summed E-state index contributed by atoms with van der Waals surface area (Å²) in [7, 11) is 1.88. The normalized spacial score (nSPS) is 12.7. The lowest BCUT2D eigenvalue weighted by atomic mass is 10.0. The first kappa shape index (κ1) is 12.1. The van der Waals surface area contributed by atoms with Gasteiger partial charge < -0.3 is 5.73 Å². The molecule has 0 aliphatic carbocycles. The summed E-state index contributed by atoms with van der Waals surface area (Å²) in [6.45, 7) is 1.89. The first-order valence-corrected chi connectivity index (χ1v) is 5.81. The van der Waals surface area contributed by atoms with Gasteiger partial charge in [-0.1, -0.05) is 17.7 Å². The van der Waals surface area contributed by atoms with E-state index in [1.807, 2.05) is 26.1 Å². The molecule has 17 heavy (non-hydrogen) atoms. The Morgan fingerprint density at radius 1 is 1.53 bits per heavy atom. The molecule has 2 N–H and O–H groups in total. The smallest absolute Gasteiger partial charge is 0.0847 e. The topological polar surface area (TPSA) is 56.7 Å². The standard InChI is InChI=1S/C12H15ClN4/c1-8-12(13)11(17(2)16-8)6-10(14)9-4-3-5-15-7-9/h3-5,7,10H,6,14H2,1-2H3. The summed E-state index contributed by atoms with van der Waals surface area (Å²) in [5.74, 6) is 0. The molecule has 0 saturated heterocycles. The Labute approximate surface area is 105 Å². The van der Waals surface area contributed by atoms with Gasteiger partial charge in [-0.25, -0.2) is 0 Å². The van der Waals surface area contributed by atoms with Gasteiger partial charge >= 0.3 is 0 Å². The molecule has 0 amide bonds. The predicted octanol–water partition coefficient (Wildman–Crippen LogP) is 2.02. The minimum Gasteiger partial charge on any atom is -0.324 e. The van der Waals surface area contributed by atoms with Crippen LogP contribution in [-0.2, 0) is 13.5 Å². The second kappa shape index (κ2) is 4.85. The molecule has 2 heterocycles. The molecule has 0 aliphatic rings. The zero-order chi connectivity index (χ0) is 12.4. The van der Waals surface area contributed by atoms with Gasteiger partial charge in [-0.05, 0) is 18.6 Å². The average molecular weight is 251 g/mol. The van der Waals surface area contributed by atoms with Crippen molar-refractivity contribution in [3.05, 3.63) is 46.5 Å². The zero-order valence-corrected chi connectivity index (χ0v) is 10.6. The molecule has 0 aromatic carbocycles. The van der Waals surface area contributed by atoms with Crippen molar-refractivity contribution < 1.29 is 0 Å². The number of aryl methyl sites for hydroxylation is 2. The van der Waals surface area contributed by atoms with Crippen LogP contribution in [0.2, 0.25) is 5.02 Å². The monoisotopic (exact) mass is 250 g/mol. The van der Waals surface area contributed by atoms with Crippen molar-refractivity contribution in [2.24, 2.45) is 12.8 Å². The van der Waals surface area contributed by atoms with E-state index in [1.165, 1.54) is 0 Å². The lowest BCUT2D eigenvalue weighted by molar-refractivity contribution is 0.638. The first-order chi connectivity index (χ1) is 8.09. The lowest BCUT2D eigenvalue weighted by Gasteiger charge is -2.11. The van der Waals surface area contributed by atoms with Crippen LogP contribution in [-0.4, -0.2) is 14.8 Å². The number of hydrogen-bond acceptors (Lipinski definition) is 3. The van der Waals surface area contributed by atoms with Crippen LogP contribution >= 0.6 is 11.6 Å². The molecule has 90 valence electrons. The van der Waals surface area contributed by atoms with Crippen LogP contribution in [0.25, 0.3) is 0 Å². The molecule has 0 saturated carbocycles. The van der Waals surface area contributed by atoms with E-state index in [1.54, 1.807) is 17.1 Å². The van der Waals surface area contributed by atoms with Crippen molar-refractivity contribution in [3.63, 3.8) is 0 Å². The van der Waals surface area contributed by atoms with Gasteiger partial charge in [0.2, 0.25) is 0 Å². The summed E-state index contributed by atoms with van der Waals surface area (Å²) < 4.78 is 1.79. The quantitative estimate of drug-likeness (QED) is 0.907. The van der Waals surface area contributed by atoms with Crippen LogP contribution in [0.4, 0.5) is 0 Å². The molecule has 1 atom stereocenters. The average Bonchev–Trinajstić information content (AvgIpc) is 2.57. The Hall–Kier alpha value is -1.39. The third kappa shape index (κ3) is 2.48. The van der Waals surface area contributed by atoms with Crippen molar-refractivity contribution >= 4 is 11.6 Å². The molecule has 2 aromatic heterocycles. The molecule has 0 bridgehead atoms. The van der Waals surface area contributed by atoms with Gasteiger partial charge in [0.1, 0.15) is 0 Å². The van der Waals surface area contributed by atoms with E-state index in [0.29, 0.717) is 11.4 Å². The first-order valence-electron chi connectivity index (χ1n) is 5.43. The molecule has 5 heteroatoms. The molecule has 0 spiro atoms. The summed E-state index contributed by atoms with van der Waals surface area (Å²) >= 11 is 6.19. The summed E-state index contributed by atoms with van der Waals surface area (Å²) in [5.41, 5.74) is 8.93. The number of halogens is 1. The van der Waals surface area contributed by atoms with Crippen molar-refractivity contribution in [3.8, 4) is 0 Å². The summed E-state index contributed by atoms with van der Waals surface area (Å²) in [6.07, 6.45) is 4.17. The lowest BCUT2D eigenvalue weighted by Crippen LogP contribution is -2.15. The van der Waals surface area contributed by atoms with Crippen LogP contribution in [0, 0.1) is 6.92 Å². The minimum atomic E-state index is -0.115. The second-order valence-electron chi connectivity index (χ2n) is 4.07. The van der Waals surface area contributed by atoms with Crippen molar-refractivity contribution in [1.29, 1.82) is 0 Å². The van der Waals surface area contributed by atoms with E-state index in [0.717, 1.165) is 17.0 Å². The van der Waals surface area contributed by atoms with Gasteiger partial charge in [0.15, 0.2) is 0 Å². The van der Waals surface area contributed by atoms with Crippen molar-refractivity contribution in [2.75, 3.05) is 0 Å². The molecular weight excluding hydrogens is 236 g/mol. The molecule has 2 aromatic rings. The summed E-state index contributed by atoms with van der Waals surface area (Å²) in [5, 5.41) is 4.97. The molecule has 0 fully saturated rings. The van der Waals surface area contributed by atoms with Gasteiger partial charge in [0.05, 0.1) is 16.4 Å². The summed E-state index contributed by atoms with van der Waals surface area (Å²) in [4.78, 5) is 4.06. The fourth-order valence-corrected chi connectivity index (χ4v) is 2.06. The number of rotatable bonds is 3. The highest BCUT2D eigenvalue weighted by atomic mass is 35.5. The molecule has 4 nitrogen and oxygen atoms in total. The van der Waals surface area contributed by atoms with Gasteiger partial charge in [-0.15, -0.1) is 0 Å². The van der Waals surface area contributed by atoms with E-state index >= 15 is 0 Å². The Morgan fingerprint density at radius 2 is 2.29 bits per heavy atom. The molecule has 0 radical (unpaired) electrons. The number of nitrogens with two attached hydrogens (primary N) is 1. The number of nitrogens with zero attached hydrogens (tertiary/aromatic N) is 3. The fourth-order valence-electron chi connectivity index (χ4n) is 1.82. The van der Waals surface area contributed by atoms with Crippen LogP contribution in [0.1, 0.15) is 23.0 Å². The van der Waals surface area contributed by atoms with Gasteiger partial charge in [0.25, 0.3) is 0 Å². The van der Waals surface area contributed by atoms with Crippen LogP contribution in [0.15, 0.2) is 24.5 Å². The highest BCUT2D eigenvalue weighted by molar-refractivity contribution is 6.31. The summed E-state index contributed by atoms with van der Waals surface area (Å²) in [6, 6.07) is 3.73.